The highest BCUT2D eigenvalue weighted by atomic mass is 16.5. The minimum absolute atomic E-state index is 0.0479. The topological polar surface area (TPSA) is 97.9 Å². The zero-order valence-corrected chi connectivity index (χ0v) is 16.4. The van der Waals surface area contributed by atoms with Gasteiger partial charge in [-0.15, -0.1) is 0 Å². The van der Waals surface area contributed by atoms with Crippen LogP contribution in [0.15, 0.2) is 64.0 Å². The fourth-order valence-corrected chi connectivity index (χ4v) is 3.32. The molecule has 1 aliphatic heterocycles. The van der Waals surface area contributed by atoms with Gasteiger partial charge in [0.15, 0.2) is 17.2 Å². The standard InChI is InChI=1S/C21H20N4O5/c1-29-17-14-18(26)25(15-6-3-2-4-7-15)22-19(17)21(28)24-11-9-23(10-12-24)20(27)16-8-5-13-30-16/h2-8,13-14H,9-12H2,1H3. The van der Waals surface area contributed by atoms with Crippen LogP contribution < -0.4 is 10.3 Å². The van der Waals surface area contributed by atoms with Crippen LogP contribution in [0.2, 0.25) is 0 Å². The maximum absolute atomic E-state index is 13.1. The highest BCUT2D eigenvalue weighted by Crippen LogP contribution is 2.18. The molecule has 0 bridgehead atoms. The van der Waals surface area contributed by atoms with Gasteiger partial charge in [0.1, 0.15) is 0 Å². The third-order valence-electron chi connectivity index (χ3n) is 4.91. The van der Waals surface area contributed by atoms with Crippen molar-refractivity contribution in [3.05, 3.63) is 76.6 Å². The van der Waals surface area contributed by atoms with E-state index in [1.54, 1.807) is 46.2 Å². The Labute approximate surface area is 172 Å². The summed E-state index contributed by atoms with van der Waals surface area (Å²) in [6, 6.07) is 13.4. The largest absolute Gasteiger partial charge is 0.494 e. The van der Waals surface area contributed by atoms with E-state index in [2.05, 4.69) is 5.10 Å². The van der Waals surface area contributed by atoms with Crippen molar-refractivity contribution in [1.29, 1.82) is 0 Å². The van der Waals surface area contributed by atoms with Gasteiger partial charge in [-0.1, -0.05) is 18.2 Å². The van der Waals surface area contributed by atoms with Crippen LogP contribution in [-0.2, 0) is 0 Å². The van der Waals surface area contributed by atoms with Crippen LogP contribution in [0.1, 0.15) is 21.0 Å². The molecule has 0 N–H and O–H groups in total. The van der Waals surface area contributed by atoms with E-state index < -0.39 is 5.56 Å². The van der Waals surface area contributed by atoms with E-state index >= 15 is 0 Å². The average Bonchev–Trinajstić information content (AvgIpc) is 3.33. The molecular weight excluding hydrogens is 388 g/mol. The summed E-state index contributed by atoms with van der Waals surface area (Å²) in [6.45, 7) is 1.40. The van der Waals surface area contributed by atoms with E-state index in [4.69, 9.17) is 9.15 Å². The predicted octanol–water partition coefficient (Wildman–Crippen LogP) is 1.43. The van der Waals surface area contributed by atoms with Gasteiger partial charge in [0, 0.05) is 26.2 Å². The Morgan fingerprint density at radius 1 is 0.967 bits per heavy atom. The van der Waals surface area contributed by atoms with Crippen molar-refractivity contribution in [2.75, 3.05) is 33.3 Å². The van der Waals surface area contributed by atoms with E-state index in [-0.39, 0.29) is 29.0 Å². The second kappa shape index (κ2) is 8.24. The fraction of sp³-hybridized carbons (Fsp3) is 0.238. The molecule has 0 atom stereocenters. The molecule has 0 aliphatic carbocycles. The lowest BCUT2D eigenvalue weighted by molar-refractivity contribution is 0.0512. The highest BCUT2D eigenvalue weighted by Gasteiger charge is 2.29. The molecule has 0 unspecified atom stereocenters. The summed E-state index contributed by atoms with van der Waals surface area (Å²) in [4.78, 5) is 41.2. The maximum Gasteiger partial charge on any atom is 0.289 e. The summed E-state index contributed by atoms with van der Waals surface area (Å²) in [6.07, 6.45) is 1.45. The van der Waals surface area contributed by atoms with Crippen LogP contribution >= 0.6 is 0 Å². The van der Waals surface area contributed by atoms with Crippen molar-refractivity contribution in [2.24, 2.45) is 0 Å². The van der Waals surface area contributed by atoms with Gasteiger partial charge >= 0.3 is 0 Å². The number of methoxy groups -OCH3 is 1. The molecule has 0 radical (unpaired) electrons. The lowest BCUT2D eigenvalue weighted by Crippen LogP contribution is -2.51. The first-order chi connectivity index (χ1) is 14.6. The summed E-state index contributed by atoms with van der Waals surface area (Å²) in [5.74, 6) is -0.179. The summed E-state index contributed by atoms with van der Waals surface area (Å²) in [5.41, 5.74) is 0.197. The molecule has 3 aromatic rings. The number of furan rings is 1. The molecule has 0 saturated carbocycles. The Hall–Kier alpha value is -3.88. The molecule has 9 heteroatoms. The number of rotatable bonds is 4. The van der Waals surface area contributed by atoms with Gasteiger partial charge in [0.05, 0.1) is 25.1 Å². The SMILES string of the molecule is COc1cc(=O)n(-c2ccccc2)nc1C(=O)N1CCN(C(=O)c2ccco2)CC1. The number of carbonyl (C=O) groups is 2. The van der Waals surface area contributed by atoms with Crippen molar-refractivity contribution in [3.63, 3.8) is 0 Å². The Bertz CT molecular complexity index is 1100. The van der Waals surface area contributed by atoms with Crippen LogP contribution in [0.3, 0.4) is 0 Å². The minimum atomic E-state index is -0.400. The summed E-state index contributed by atoms with van der Waals surface area (Å²) in [5, 5.41) is 4.28. The van der Waals surface area contributed by atoms with E-state index in [9.17, 15) is 14.4 Å². The summed E-state index contributed by atoms with van der Waals surface area (Å²) < 4.78 is 11.6. The fourth-order valence-electron chi connectivity index (χ4n) is 3.32. The van der Waals surface area contributed by atoms with Crippen molar-refractivity contribution >= 4 is 11.8 Å². The molecule has 1 saturated heterocycles. The van der Waals surface area contributed by atoms with Crippen LogP contribution in [-0.4, -0.2) is 64.7 Å². The van der Waals surface area contributed by atoms with Gasteiger partial charge < -0.3 is 19.0 Å². The number of carbonyl (C=O) groups excluding carboxylic acids is 2. The normalized spacial score (nSPS) is 13.9. The minimum Gasteiger partial charge on any atom is -0.494 e. The van der Waals surface area contributed by atoms with Crippen molar-refractivity contribution in [3.8, 4) is 11.4 Å². The molecule has 1 aliphatic rings. The van der Waals surface area contributed by atoms with E-state index in [0.717, 1.165) is 0 Å². The predicted molar refractivity (Wildman–Crippen MR) is 107 cm³/mol. The average molecular weight is 408 g/mol. The Balaban J connectivity index is 1.55. The smallest absolute Gasteiger partial charge is 0.289 e. The Kier molecular flexibility index (Phi) is 5.34. The number of piperazine rings is 1. The summed E-state index contributed by atoms with van der Waals surface area (Å²) in [7, 11) is 1.39. The summed E-state index contributed by atoms with van der Waals surface area (Å²) >= 11 is 0. The van der Waals surface area contributed by atoms with Gasteiger partial charge in [0.25, 0.3) is 17.4 Å². The molecule has 30 heavy (non-hydrogen) atoms. The first-order valence-electron chi connectivity index (χ1n) is 9.44. The van der Waals surface area contributed by atoms with Gasteiger partial charge in [-0.25, -0.2) is 0 Å². The number of benzene rings is 1. The third kappa shape index (κ3) is 3.69. The van der Waals surface area contributed by atoms with Crippen molar-refractivity contribution < 1.29 is 18.7 Å². The highest BCUT2D eigenvalue weighted by molar-refractivity contribution is 5.95. The molecule has 4 rings (SSSR count). The lowest BCUT2D eigenvalue weighted by atomic mass is 10.2. The first-order valence-corrected chi connectivity index (χ1v) is 9.44. The van der Waals surface area contributed by atoms with Crippen LogP contribution in [0.5, 0.6) is 5.75 Å². The molecule has 2 aromatic heterocycles. The molecule has 0 spiro atoms. The number of amides is 2. The number of nitrogens with zero attached hydrogens (tertiary/aromatic N) is 4. The van der Waals surface area contributed by atoms with Crippen molar-refractivity contribution in [1.82, 2.24) is 19.6 Å². The quantitative estimate of drug-likeness (QED) is 0.648. The molecule has 1 fully saturated rings. The Morgan fingerprint density at radius 2 is 1.63 bits per heavy atom. The molecular formula is C21H20N4O5. The number of hydrogen-bond donors (Lipinski definition) is 0. The molecule has 3 heterocycles. The third-order valence-corrected chi connectivity index (χ3v) is 4.91. The van der Waals surface area contributed by atoms with Crippen molar-refractivity contribution in [2.45, 2.75) is 0 Å². The molecule has 2 amide bonds. The second-order valence-electron chi connectivity index (χ2n) is 6.71. The van der Waals surface area contributed by atoms with Crippen LogP contribution in [0, 0.1) is 0 Å². The zero-order chi connectivity index (χ0) is 21.1. The van der Waals surface area contributed by atoms with E-state index in [0.29, 0.717) is 31.9 Å². The monoisotopic (exact) mass is 408 g/mol. The number of para-hydroxylation sites is 1. The van der Waals surface area contributed by atoms with E-state index in [1.807, 2.05) is 6.07 Å². The number of aromatic nitrogens is 2. The Morgan fingerprint density at radius 3 is 2.23 bits per heavy atom. The van der Waals surface area contributed by atoms with Gasteiger partial charge in [-0.05, 0) is 24.3 Å². The molecule has 1 aromatic carbocycles. The van der Waals surface area contributed by atoms with Crippen LogP contribution in [0.4, 0.5) is 0 Å². The second-order valence-corrected chi connectivity index (χ2v) is 6.71. The van der Waals surface area contributed by atoms with Gasteiger partial charge in [-0.3, -0.25) is 14.4 Å². The molecule has 154 valence electrons. The van der Waals surface area contributed by atoms with E-state index in [1.165, 1.54) is 24.1 Å². The van der Waals surface area contributed by atoms with Crippen LogP contribution in [0.25, 0.3) is 5.69 Å². The molecule has 9 nitrogen and oxygen atoms in total. The van der Waals surface area contributed by atoms with Gasteiger partial charge in [-0.2, -0.15) is 9.78 Å². The maximum atomic E-state index is 13.1. The van der Waals surface area contributed by atoms with Gasteiger partial charge in [0.2, 0.25) is 0 Å². The first kappa shape index (κ1) is 19.4. The lowest BCUT2D eigenvalue weighted by Gasteiger charge is -2.34. The number of ether oxygens (including phenoxy) is 1. The zero-order valence-electron chi connectivity index (χ0n) is 16.4. The number of hydrogen-bond acceptors (Lipinski definition) is 6.